The zero-order chi connectivity index (χ0) is 14.6. The van der Waals surface area contributed by atoms with Gasteiger partial charge < -0.3 is 10.6 Å². The first kappa shape index (κ1) is 15.7. The van der Waals surface area contributed by atoms with E-state index in [1.54, 1.807) is 11.8 Å². The number of carbonyl (C=O) groups is 1. The van der Waals surface area contributed by atoms with Crippen LogP contribution in [0.1, 0.15) is 52.9 Å². The van der Waals surface area contributed by atoms with E-state index < -0.39 is 0 Å². The number of carbonyl (C=O) groups excluding carboxylic acids is 1. The molecule has 0 bridgehead atoms. The number of aliphatic imine (C=N–C) groups is 1. The van der Waals surface area contributed by atoms with Gasteiger partial charge in [-0.25, -0.2) is 4.99 Å². The van der Waals surface area contributed by atoms with Crippen LogP contribution >= 0.6 is 11.8 Å². The van der Waals surface area contributed by atoms with E-state index in [0.717, 1.165) is 29.8 Å². The number of nitrogens with one attached hydrogen (secondary N) is 2. The third kappa shape index (κ3) is 3.90. The van der Waals surface area contributed by atoms with Gasteiger partial charge in [0.2, 0.25) is 5.91 Å². The molecule has 1 atom stereocenters. The molecule has 2 N–H and O–H groups in total. The number of amides is 1. The van der Waals surface area contributed by atoms with Crippen LogP contribution in [-0.4, -0.2) is 35.0 Å². The van der Waals surface area contributed by atoms with Crippen molar-refractivity contribution in [2.24, 2.45) is 10.9 Å². The summed E-state index contributed by atoms with van der Waals surface area (Å²) in [6.07, 6.45) is 6.03. The quantitative estimate of drug-likeness (QED) is 0.838. The fourth-order valence-corrected chi connectivity index (χ4v) is 4.08. The summed E-state index contributed by atoms with van der Waals surface area (Å²) in [5.74, 6) is 1.98. The first-order chi connectivity index (χ1) is 9.54. The third-order valence-corrected chi connectivity index (χ3v) is 5.51. The van der Waals surface area contributed by atoms with E-state index in [4.69, 9.17) is 0 Å². The lowest BCUT2D eigenvalue weighted by molar-refractivity contribution is -0.121. The van der Waals surface area contributed by atoms with Crippen LogP contribution in [0.3, 0.4) is 0 Å². The Balaban J connectivity index is 1.88. The maximum Gasteiger partial charge on any atom is 0.244 e. The molecule has 2 aliphatic rings. The van der Waals surface area contributed by atoms with Gasteiger partial charge in [-0.05, 0) is 44.9 Å². The van der Waals surface area contributed by atoms with Gasteiger partial charge in [-0.1, -0.05) is 25.6 Å². The minimum absolute atomic E-state index is 0.0277. The van der Waals surface area contributed by atoms with Crippen molar-refractivity contribution in [2.75, 3.05) is 12.3 Å². The van der Waals surface area contributed by atoms with Crippen LogP contribution in [0.4, 0.5) is 0 Å². The van der Waals surface area contributed by atoms with Gasteiger partial charge in [-0.15, -0.1) is 0 Å². The number of amidine groups is 1. The summed E-state index contributed by atoms with van der Waals surface area (Å²) in [6, 6.07) is -0.297. The molecule has 0 aromatic rings. The van der Waals surface area contributed by atoms with Crippen molar-refractivity contribution in [3.63, 3.8) is 0 Å². The largest absolute Gasteiger partial charge is 0.359 e. The van der Waals surface area contributed by atoms with E-state index in [9.17, 15) is 4.79 Å². The summed E-state index contributed by atoms with van der Waals surface area (Å²) in [5.41, 5.74) is 0.246. The first-order valence-electron chi connectivity index (χ1n) is 7.81. The number of hydrogen-bond acceptors (Lipinski definition) is 3. The lowest BCUT2D eigenvalue weighted by Gasteiger charge is -2.35. The normalized spacial score (nSPS) is 33.1. The Morgan fingerprint density at radius 1 is 1.55 bits per heavy atom. The molecule has 0 aromatic carbocycles. The van der Waals surface area contributed by atoms with Crippen LogP contribution in [0, 0.1) is 5.92 Å². The number of rotatable bonds is 4. The Kier molecular flexibility index (Phi) is 5.35. The summed E-state index contributed by atoms with van der Waals surface area (Å²) < 4.78 is 0. The molecule has 1 aliphatic carbocycles. The van der Waals surface area contributed by atoms with Crippen molar-refractivity contribution in [3.05, 3.63) is 0 Å². The van der Waals surface area contributed by atoms with Crippen LogP contribution in [-0.2, 0) is 4.79 Å². The maximum atomic E-state index is 11.8. The van der Waals surface area contributed by atoms with Gasteiger partial charge in [0.15, 0.2) is 5.17 Å². The standard InChI is InChI=1S/C15H27N3OS/c1-4-9-16-13(19)12(3)17-14-18-15(10-20-14)7-5-11(2)6-8-15/h11-12H,4-10H2,1-3H3,(H,16,19)(H,17,18). The molecule has 1 spiro atoms. The average molecular weight is 297 g/mol. The van der Waals surface area contributed by atoms with Gasteiger partial charge in [-0.2, -0.15) is 0 Å². The van der Waals surface area contributed by atoms with Crippen molar-refractivity contribution in [2.45, 2.75) is 64.5 Å². The van der Waals surface area contributed by atoms with Crippen molar-refractivity contribution < 1.29 is 4.79 Å². The van der Waals surface area contributed by atoms with Gasteiger partial charge in [0, 0.05) is 17.8 Å². The number of nitrogens with zero attached hydrogens (tertiary/aromatic N) is 1. The molecule has 1 aliphatic heterocycles. The molecule has 2 fully saturated rings. The molecule has 1 amide bonds. The second kappa shape index (κ2) is 6.83. The Morgan fingerprint density at radius 2 is 2.25 bits per heavy atom. The molecular formula is C15H27N3OS. The number of hydrogen-bond donors (Lipinski definition) is 2. The van der Waals surface area contributed by atoms with Crippen molar-refractivity contribution in [1.29, 1.82) is 0 Å². The highest BCUT2D eigenvalue weighted by Crippen LogP contribution is 2.38. The minimum atomic E-state index is -0.297. The van der Waals surface area contributed by atoms with Gasteiger partial charge in [-0.3, -0.25) is 4.79 Å². The molecule has 1 saturated carbocycles. The van der Waals surface area contributed by atoms with E-state index in [2.05, 4.69) is 29.5 Å². The molecule has 0 aromatic heterocycles. The molecule has 1 saturated heterocycles. The highest BCUT2D eigenvalue weighted by molar-refractivity contribution is 8.14. The highest BCUT2D eigenvalue weighted by Gasteiger charge is 2.39. The van der Waals surface area contributed by atoms with Crippen LogP contribution in [0.25, 0.3) is 0 Å². The molecule has 0 radical (unpaired) electrons. The van der Waals surface area contributed by atoms with E-state index in [0.29, 0.717) is 0 Å². The zero-order valence-electron chi connectivity index (χ0n) is 12.9. The summed E-state index contributed by atoms with van der Waals surface area (Å²) >= 11 is 1.78. The van der Waals surface area contributed by atoms with E-state index >= 15 is 0 Å². The molecular weight excluding hydrogens is 270 g/mol. The maximum absolute atomic E-state index is 11.8. The monoisotopic (exact) mass is 297 g/mol. The molecule has 1 unspecified atom stereocenters. The van der Waals surface area contributed by atoms with Gasteiger partial charge >= 0.3 is 0 Å². The Bertz CT molecular complexity index is 375. The second-order valence-electron chi connectivity index (χ2n) is 6.28. The third-order valence-electron chi connectivity index (χ3n) is 4.33. The fraction of sp³-hybridized carbons (Fsp3) is 0.867. The lowest BCUT2D eigenvalue weighted by atomic mass is 9.78. The lowest BCUT2D eigenvalue weighted by Crippen LogP contribution is -2.46. The van der Waals surface area contributed by atoms with Crippen LogP contribution in [0.2, 0.25) is 0 Å². The molecule has 1 heterocycles. The summed E-state index contributed by atoms with van der Waals surface area (Å²) in [7, 11) is 0. The van der Waals surface area contributed by atoms with Gasteiger partial charge in [0.25, 0.3) is 0 Å². The fourth-order valence-electron chi connectivity index (χ4n) is 2.79. The van der Waals surface area contributed by atoms with E-state index in [1.165, 1.54) is 25.7 Å². The minimum Gasteiger partial charge on any atom is -0.359 e. The second-order valence-corrected chi connectivity index (χ2v) is 7.24. The zero-order valence-corrected chi connectivity index (χ0v) is 13.7. The molecule has 20 heavy (non-hydrogen) atoms. The molecule has 2 rings (SSSR count). The summed E-state index contributed by atoms with van der Waals surface area (Å²) in [4.78, 5) is 16.4. The van der Waals surface area contributed by atoms with E-state index in [-0.39, 0.29) is 17.5 Å². The topological polar surface area (TPSA) is 53.5 Å². The average Bonchev–Trinajstić information content (AvgIpc) is 2.83. The van der Waals surface area contributed by atoms with Crippen molar-refractivity contribution in [1.82, 2.24) is 10.6 Å². The predicted octanol–water partition coefficient (Wildman–Crippen LogP) is 2.54. The van der Waals surface area contributed by atoms with Gasteiger partial charge in [0.05, 0.1) is 0 Å². The predicted molar refractivity (Wildman–Crippen MR) is 86.2 cm³/mol. The van der Waals surface area contributed by atoms with Crippen molar-refractivity contribution >= 4 is 22.8 Å². The smallest absolute Gasteiger partial charge is 0.244 e. The Hall–Kier alpha value is -0.710. The van der Waals surface area contributed by atoms with Crippen LogP contribution < -0.4 is 10.6 Å². The SMILES string of the molecule is CCCNC(=O)C(C)N=C1NC2(CCC(C)CC2)CS1. The Labute approximate surface area is 126 Å². The summed E-state index contributed by atoms with van der Waals surface area (Å²) in [5, 5.41) is 7.46. The molecule has 4 nitrogen and oxygen atoms in total. The Morgan fingerprint density at radius 3 is 2.90 bits per heavy atom. The van der Waals surface area contributed by atoms with Crippen LogP contribution in [0.15, 0.2) is 4.99 Å². The first-order valence-corrected chi connectivity index (χ1v) is 8.80. The highest BCUT2D eigenvalue weighted by atomic mass is 32.2. The van der Waals surface area contributed by atoms with E-state index in [1.807, 2.05) is 6.92 Å². The van der Waals surface area contributed by atoms with Crippen molar-refractivity contribution in [3.8, 4) is 0 Å². The van der Waals surface area contributed by atoms with Gasteiger partial charge in [0.1, 0.15) is 6.04 Å². The van der Waals surface area contributed by atoms with Crippen LogP contribution in [0.5, 0.6) is 0 Å². The number of thioether (sulfide) groups is 1. The summed E-state index contributed by atoms with van der Waals surface area (Å²) in [6.45, 7) is 6.99. The molecule has 114 valence electrons. The molecule has 5 heteroatoms.